The van der Waals surface area contributed by atoms with Gasteiger partial charge in [0.15, 0.2) is 11.5 Å². The zero-order valence-corrected chi connectivity index (χ0v) is 23.2. The topological polar surface area (TPSA) is 99.5 Å². The first kappa shape index (κ1) is 27.1. The Morgan fingerprint density at radius 3 is 2.35 bits per heavy atom. The van der Waals surface area contributed by atoms with Crippen LogP contribution >= 0.6 is 11.8 Å². The maximum atomic E-state index is 14.2. The van der Waals surface area contributed by atoms with Crippen molar-refractivity contribution in [3.8, 4) is 17.2 Å². The Kier molecular flexibility index (Phi) is 7.92. The number of thioether (sulfide) groups is 1. The third kappa shape index (κ3) is 5.32. The zero-order chi connectivity index (χ0) is 28.2. The van der Waals surface area contributed by atoms with Crippen LogP contribution < -0.4 is 24.8 Å². The number of hydrogen-bond donors (Lipinski definition) is 2. The van der Waals surface area contributed by atoms with E-state index in [4.69, 9.17) is 19.3 Å². The number of fused-ring (bicyclic) bond motifs is 1. The van der Waals surface area contributed by atoms with Crippen LogP contribution in [0.4, 0.5) is 16.0 Å². The molecule has 0 unspecified atom stereocenters. The summed E-state index contributed by atoms with van der Waals surface area (Å²) in [6.07, 6.45) is 0. The molecular formula is C29H28FN5O4S. The van der Waals surface area contributed by atoms with Crippen LogP contribution in [0.1, 0.15) is 24.1 Å². The van der Waals surface area contributed by atoms with Crippen LogP contribution in [-0.2, 0) is 10.5 Å². The molecule has 3 aromatic carbocycles. The standard InChI is InChI=1S/C29H28FN5O4S/c1-17-24(27(36)32-20-11-6-5-7-12-20)25(19-14-22(37-2)26(39-4)23(15-19)38-3)35-28(31-17)33-29(34-35)40-16-18-10-8-9-13-21(18)30/h5-15,25H,16H2,1-4H3,(H,32,36)(H,31,33,34)/t25-/m1/s1. The molecule has 0 bridgehead atoms. The summed E-state index contributed by atoms with van der Waals surface area (Å²) >= 11 is 1.30. The van der Waals surface area contributed by atoms with Gasteiger partial charge < -0.3 is 24.8 Å². The number of hydrogen-bond acceptors (Lipinski definition) is 8. The lowest BCUT2D eigenvalue weighted by Gasteiger charge is -2.29. The van der Waals surface area contributed by atoms with Crippen molar-refractivity contribution in [2.24, 2.45) is 0 Å². The molecule has 1 atom stereocenters. The summed E-state index contributed by atoms with van der Waals surface area (Å²) in [5.41, 5.74) is 2.91. The molecule has 0 saturated heterocycles. The lowest BCUT2D eigenvalue weighted by molar-refractivity contribution is -0.113. The lowest BCUT2D eigenvalue weighted by atomic mass is 9.94. The molecule has 206 valence electrons. The van der Waals surface area contributed by atoms with Crippen LogP contribution in [0.3, 0.4) is 0 Å². The Labute approximate surface area is 235 Å². The monoisotopic (exact) mass is 561 g/mol. The number of allylic oxidation sites excluding steroid dienone is 1. The summed E-state index contributed by atoms with van der Waals surface area (Å²) in [5.74, 6) is 1.50. The van der Waals surface area contributed by atoms with Crippen molar-refractivity contribution in [2.45, 2.75) is 23.9 Å². The highest BCUT2D eigenvalue weighted by atomic mass is 32.2. The fourth-order valence-corrected chi connectivity index (χ4v) is 5.35. The summed E-state index contributed by atoms with van der Waals surface area (Å²) in [4.78, 5) is 18.4. The van der Waals surface area contributed by atoms with Gasteiger partial charge in [-0.15, -0.1) is 5.10 Å². The van der Waals surface area contributed by atoms with Gasteiger partial charge in [-0.05, 0) is 48.4 Å². The van der Waals surface area contributed by atoms with E-state index in [9.17, 15) is 9.18 Å². The SMILES string of the molecule is COc1cc([C@@H]2C(C(=O)Nc3ccccc3)=C(C)Nc3nc(SCc4ccccc4F)nn32)cc(OC)c1OC. The van der Waals surface area contributed by atoms with Gasteiger partial charge in [0.2, 0.25) is 16.9 Å². The number of aromatic nitrogens is 3. The highest BCUT2D eigenvalue weighted by Crippen LogP contribution is 2.44. The van der Waals surface area contributed by atoms with Gasteiger partial charge in [-0.1, -0.05) is 48.2 Å². The molecular weight excluding hydrogens is 533 g/mol. The maximum absolute atomic E-state index is 14.2. The Morgan fingerprint density at radius 1 is 1.02 bits per heavy atom. The fraction of sp³-hybridized carbons (Fsp3) is 0.207. The van der Waals surface area contributed by atoms with Gasteiger partial charge in [0.1, 0.15) is 11.9 Å². The Hall–Kier alpha value is -4.51. The van der Waals surface area contributed by atoms with Crippen molar-refractivity contribution < 1.29 is 23.4 Å². The van der Waals surface area contributed by atoms with Gasteiger partial charge in [-0.2, -0.15) is 4.98 Å². The minimum atomic E-state index is -0.691. The largest absolute Gasteiger partial charge is 0.493 e. The molecule has 0 saturated carbocycles. The molecule has 40 heavy (non-hydrogen) atoms. The molecule has 0 aliphatic carbocycles. The average Bonchev–Trinajstić information content (AvgIpc) is 3.37. The number of amides is 1. The van der Waals surface area contributed by atoms with E-state index in [1.807, 2.05) is 37.3 Å². The molecule has 0 spiro atoms. The van der Waals surface area contributed by atoms with Crippen LogP contribution in [0.15, 0.2) is 83.2 Å². The molecule has 1 aliphatic heterocycles. The number of halogens is 1. The first-order valence-electron chi connectivity index (χ1n) is 12.4. The summed E-state index contributed by atoms with van der Waals surface area (Å²) in [5, 5.41) is 11.4. The van der Waals surface area contributed by atoms with Crippen molar-refractivity contribution in [2.75, 3.05) is 32.0 Å². The molecule has 0 fully saturated rings. The maximum Gasteiger partial charge on any atom is 0.255 e. The van der Waals surface area contributed by atoms with Gasteiger partial charge in [-0.25, -0.2) is 9.07 Å². The first-order chi connectivity index (χ1) is 19.4. The molecule has 1 amide bonds. The smallest absolute Gasteiger partial charge is 0.255 e. The third-order valence-corrected chi connectivity index (χ3v) is 7.31. The number of nitrogens with one attached hydrogen (secondary N) is 2. The molecule has 2 heterocycles. The van der Waals surface area contributed by atoms with Gasteiger partial charge >= 0.3 is 0 Å². The molecule has 1 aliphatic rings. The number of anilines is 2. The number of para-hydroxylation sites is 1. The van der Waals surface area contributed by atoms with E-state index in [-0.39, 0.29) is 11.7 Å². The highest BCUT2D eigenvalue weighted by Gasteiger charge is 2.35. The molecule has 0 radical (unpaired) electrons. The second-order valence-corrected chi connectivity index (χ2v) is 9.83. The van der Waals surface area contributed by atoms with Gasteiger partial charge in [0.25, 0.3) is 5.91 Å². The fourth-order valence-electron chi connectivity index (χ4n) is 4.53. The number of carbonyl (C=O) groups excluding carboxylic acids is 1. The second-order valence-electron chi connectivity index (χ2n) is 8.89. The summed E-state index contributed by atoms with van der Waals surface area (Å²) < 4.78 is 32.6. The van der Waals surface area contributed by atoms with Crippen LogP contribution in [0, 0.1) is 5.82 Å². The van der Waals surface area contributed by atoms with Gasteiger partial charge in [0, 0.05) is 17.1 Å². The molecule has 4 aromatic rings. The van der Waals surface area contributed by atoms with E-state index in [0.717, 1.165) is 0 Å². The van der Waals surface area contributed by atoms with Gasteiger partial charge in [0.05, 0.1) is 26.9 Å². The van der Waals surface area contributed by atoms with Crippen molar-refractivity contribution in [1.82, 2.24) is 14.8 Å². The normalized spacial score (nSPS) is 14.3. The molecule has 11 heteroatoms. The zero-order valence-electron chi connectivity index (χ0n) is 22.4. The summed E-state index contributed by atoms with van der Waals surface area (Å²) in [6, 6.07) is 18.7. The molecule has 5 rings (SSSR count). The van der Waals surface area contributed by atoms with Crippen molar-refractivity contribution in [3.05, 3.63) is 94.9 Å². The number of benzene rings is 3. The minimum Gasteiger partial charge on any atom is -0.493 e. The van der Waals surface area contributed by atoms with Crippen molar-refractivity contribution >= 4 is 29.3 Å². The van der Waals surface area contributed by atoms with Crippen molar-refractivity contribution in [1.29, 1.82) is 0 Å². The van der Waals surface area contributed by atoms with E-state index in [1.54, 1.807) is 35.0 Å². The molecule has 2 N–H and O–H groups in total. The quantitative estimate of drug-likeness (QED) is 0.253. The Morgan fingerprint density at radius 2 is 1.70 bits per heavy atom. The number of nitrogens with zero attached hydrogens (tertiary/aromatic N) is 3. The van der Waals surface area contributed by atoms with E-state index < -0.39 is 6.04 Å². The second kappa shape index (κ2) is 11.7. The summed E-state index contributed by atoms with van der Waals surface area (Å²) in [6.45, 7) is 1.81. The predicted octanol–water partition coefficient (Wildman–Crippen LogP) is 5.66. The molecule has 1 aromatic heterocycles. The Bertz CT molecular complexity index is 1550. The van der Waals surface area contributed by atoms with Crippen LogP contribution in [0.2, 0.25) is 0 Å². The van der Waals surface area contributed by atoms with E-state index in [1.165, 1.54) is 39.2 Å². The average molecular weight is 562 g/mol. The van der Waals surface area contributed by atoms with Crippen LogP contribution in [-0.4, -0.2) is 42.0 Å². The highest BCUT2D eigenvalue weighted by molar-refractivity contribution is 7.98. The van der Waals surface area contributed by atoms with E-state index in [2.05, 4.69) is 15.6 Å². The number of methoxy groups -OCH3 is 3. The Balaban J connectivity index is 1.58. The minimum absolute atomic E-state index is 0.287. The lowest BCUT2D eigenvalue weighted by Crippen LogP contribution is -2.31. The number of carbonyl (C=O) groups is 1. The van der Waals surface area contributed by atoms with Crippen LogP contribution in [0.5, 0.6) is 17.2 Å². The van der Waals surface area contributed by atoms with Crippen LogP contribution in [0.25, 0.3) is 0 Å². The van der Waals surface area contributed by atoms with Crippen molar-refractivity contribution in [3.63, 3.8) is 0 Å². The molecule has 9 nitrogen and oxygen atoms in total. The first-order valence-corrected chi connectivity index (χ1v) is 13.4. The third-order valence-electron chi connectivity index (χ3n) is 6.43. The summed E-state index contributed by atoms with van der Waals surface area (Å²) in [7, 11) is 4.60. The number of ether oxygens (including phenoxy) is 3. The van der Waals surface area contributed by atoms with Gasteiger partial charge in [-0.3, -0.25) is 4.79 Å². The van der Waals surface area contributed by atoms with E-state index >= 15 is 0 Å². The predicted molar refractivity (Wildman–Crippen MR) is 152 cm³/mol. The number of rotatable bonds is 9. The van der Waals surface area contributed by atoms with E-state index in [0.29, 0.717) is 62.2 Å².